The molecule has 0 atom stereocenters. The Morgan fingerprint density at radius 2 is 2.31 bits per heavy atom. The summed E-state index contributed by atoms with van der Waals surface area (Å²) in [5.41, 5.74) is 1.09. The highest BCUT2D eigenvalue weighted by atomic mass is 35.5. The first-order valence-corrected chi connectivity index (χ1v) is 4.77. The lowest BCUT2D eigenvalue weighted by atomic mass is 10.2. The van der Waals surface area contributed by atoms with Gasteiger partial charge in [0, 0.05) is 18.0 Å². The van der Waals surface area contributed by atoms with Crippen LogP contribution in [0.5, 0.6) is 0 Å². The maximum absolute atomic E-state index is 10.5. The van der Waals surface area contributed by atoms with E-state index in [1.54, 1.807) is 12.4 Å². The molecule has 0 saturated heterocycles. The zero-order valence-corrected chi connectivity index (χ0v) is 8.77. The van der Waals surface area contributed by atoms with Crippen LogP contribution < -0.4 is 0 Å². The smallest absolute Gasteiger partial charge is 0.307 e. The van der Waals surface area contributed by atoms with Crippen LogP contribution in [-0.2, 0) is 11.2 Å². The van der Waals surface area contributed by atoms with Gasteiger partial charge in [0.05, 0.1) is 18.2 Å². The number of aromatic nitrogens is 4. The van der Waals surface area contributed by atoms with Crippen molar-refractivity contribution in [3.05, 3.63) is 29.3 Å². The molecule has 0 radical (unpaired) electrons. The molecule has 0 aromatic carbocycles. The molecule has 0 spiro atoms. The minimum Gasteiger partial charge on any atom is -0.481 e. The van der Waals surface area contributed by atoms with Crippen molar-refractivity contribution in [2.75, 3.05) is 0 Å². The van der Waals surface area contributed by atoms with E-state index in [-0.39, 0.29) is 11.6 Å². The number of nitrogens with zero attached hydrogens (tertiary/aromatic N) is 3. The van der Waals surface area contributed by atoms with Crippen LogP contribution in [0.2, 0.25) is 5.15 Å². The van der Waals surface area contributed by atoms with E-state index in [0.29, 0.717) is 17.0 Å². The number of hydrogen-bond donors (Lipinski definition) is 2. The van der Waals surface area contributed by atoms with Crippen LogP contribution >= 0.6 is 11.6 Å². The summed E-state index contributed by atoms with van der Waals surface area (Å²) in [6.45, 7) is 0. The second kappa shape index (κ2) is 4.28. The van der Waals surface area contributed by atoms with Crippen LogP contribution in [0.4, 0.5) is 0 Å². The molecule has 0 saturated carbocycles. The number of hydrogen-bond acceptors (Lipinski definition) is 4. The molecule has 2 heterocycles. The molecule has 0 bridgehead atoms. The van der Waals surface area contributed by atoms with E-state index < -0.39 is 5.97 Å². The van der Waals surface area contributed by atoms with Crippen molar-refractivity contribution < 1.29 is 9.90 Å². The third-order valence-corrected chi connectivity index (χ3v) is 2.24. The number of rotatable bonds is 3. The second-order valence-electron chi connectivity index (χ2n) is 3.07. The van der Waals surface area contributed by atoms with E-state index in [4.69, 9.17) is 16.7 Å². The number of carboxylic acids is 1. The lowest BCUT2D eigenvalue weighted by molar-refractivity contribution is -0.136. The van der Waals surface area contributed by atoms with Crippen molar-refractivity contribution in [2.24, 2.45) is 0 Å². The van der Waals surface area contributed by atoms with Crippen LogP contribution in [0.1, 0.15) is 5.56 Å². The van der Waals surface area contributed by atoms with Gasteiger partial charge in [0.25, 0.3) is 0 Å². The predicted octanol–water partition coefficient (Wildman–Crippen LogP) is 1.15. The Morgan fingerprint density at radius 1 is 1.50 bits per heavy atom. The van der Waals surface area contributed by atoms with Gasteiger partial charge in [-0.15, -0.1) is 0 Å². The average Bonchev–Trinajstić information content (AvgIpc) is 2.73. The summed E-state index contributed by atoms with van der Waals surface area (Å²) in [6.07, 6.45) is 4.40. The predicted molar refractivity (Wildman–Crippen MR) is 56.0 cm³/mol. The molecule has 0 aliphatic carbocycles. The number of nitrogens with one attached hydrogen (secondary N) is 1. The number of halogens is 1. The molecule has 2 aromatic heterocycles. The summed E-state index contributed by atoms with van der Waals surface area (Å²) in [7, 11) is 0. The summed E-state index contributed by atoms with van der Waals surface area (Å²) in [6, 6.07) is 0. The Kier molecular flexibility index (Phi) is 2.82. The minimum atomic E-state index is -0.971. The number of aliphatic carboxylic acids is 1. The molecule has 2 aromatic rings. The van der Waals surface area contributed by atoms with E-state index in [2.05, 4.69) is 20.2 Å². The molecule has 2 N–H and O–H groups in total. The summed E-state index contributed by atoms with van der Waals surface area (Å²) in [4.78, 5) is 18.5. The largest absolute Gasteiger partial charge is 0.481 e. The fourth-order valence-electron chi connectivity index (χ4n) is 1.18. The molecule has 16 heavy (non-hydrogen) atoms. The Bertz CT molecular complexity index is 512. The molecule has 0 aliphatic rings. The van der Waals surface area contributed by atoms with Crippen molar-refractivity contribution in [1.29, 1.82) is 0 Å². The third-order valence-electron chi connectivity index (χ3n) is 1.91. The Hall–Kier alpha value is -1.95. The first-order chi connectivity index (χ1) is 7.66. The maximum atomic E-state index is 10.5. The number of H-pyrrole nitrogens is 1. The average molecular weight is 239 g/mol. The SMILES string of the molecule is O=C(O)Cc1cnc(-c2cn[nH]c2)nc1Cl. The van der Waals surface area contributed by atoms with Crippen molar-refractivity contribution >= 4 is 17.6 Å². The van der Waals surface area contributed by atoms with Gasteiger partial charge in [-0.05, 0) is 0 Å². The zero-order chi connectivity index (χ0) is 11.5. The Morgan fingerprint density at radius 3 is 2.88 bits per heavy atom. The summed E-state index contributed by atoms with van der Waals surface area (Å²) >= 11 is 5.85. The molecule has 7 heteroatoms. The number of carboxylic acid groups (broad SMARTS) is 1. The Balaban J connectivity index is 2.33. The monoisotopic (exact) mass is 238 g/mol. The summed E-state index contributed by atoms with van der Waals surface area (Å²) < 4.78 is 0. The Labute approximate surface area is 95.3 Å². The molecule has 0 amide bonds. The van der Waals surface area contributed by atoms with Crippen molar-refractivity contribution in [3.8, 4) is 11.4 Å². The molecule has 82 valence electrons. The summed E-state index contributed by atoms with van der Waals surface area (Å²) in [5.74, 6) is -0.561. The molecule has 2 rings (SSSR count). The fourth-order valence-corrected chi connectivity index (χ4v) is 1.38. The van der Waals surface area contributed by atoms with E-state index in [0.717, 1.165) is 0 Å². The highest BCUT2D eigenvalue weighted by Gasteiger charge is 2.10. The maximum Gasteiger partial charge on any atom is 0.307 e. The van der Waals surface area contributed by atoms with Gasteiger partial charge in [-0.3, -0.25) is 9.89 Å². The number of aromatic amines is 1. The van der Waals surface area contributed by atoms with E-state index >= 15 is 0 Å². The van der Waals surface area contributed by atoms with Crippen LogP contribution in [0.15, 0.2) is 18.6 Å². The molecule has 0 fully saturated rings. The molecular formula is C9H7ClN4O2. The molecule has 6 nitrogen and oxygen atoms in total. The summed E-state index contributed by atoms with van der Waals surface area (Å²) in [5, 5.41) is 15.1. The zero-order valence-electron chi connectivity index (χ0n) is 8.01. The van der Waals surface area contributed by atoms with Gasteiger partial charge in [-0.1, -0.05) is 11.6 Å². The number of carbonyl (C=O) groups is 1. The van der Waals surface area contributed by atoms with Crippen molar-refractivity contribution in [1.82, 2.24) is 20.2 Å². The van der Waals surface area contributed by atoms with E-state index in [1.807, 2.05) is 0 Å². The van der Waals surface area contributed by atoms with Crippen LogP contribution in [-0.4, -0.2) is 31.2 Å². The van der Waals surface area contributed by atoms with Gasteiger partial charge in [0.15, 0.2) is 5.82 Å². The fraction of sp³-hybridized carbons (Fsp3) is 0.111. The highest BCUT2D eigenvalue weighted by Crippen LogP contribution is 2.18. The first kappa shape index (κ1) is 10.6. The molecule has 0 aliphatic heterocycles. The molecule has 0 unspecified atom stereocenters. The first-order valence-electron chi connectivity index (χ1n) is 4.39. The third kappa shape index (κ3) is 2.17. The van der Waals surface area contributed by atoms with Gasteiger partial charge in [0.1, 0.15) is 5.15 Å². The van der Waals surface area contributed by atoms with Gasteiger partial charge in [-0.2, -0.15) is 5.10 Å². The van der Waals surface area contributed by atoms with Crippen LogP contribution in [0.3, 0.4) is 0 Å². The van der Waals surface area contributed by atoms with Crippen molar-refractivity contribution in [3.63, 3.8) is 0 Å². The van der Waals surface area contributed by atoms with E-state index in [9.17, 15) is 4.79 Å². The van der Waals surface area contributed by atoms with Gasteiger partial charge in [-0.25, -0.2) is 9.97 Å². The lowest BCUT2D eigenvalue weighted by Gasteiger charge is -2.01. The van der Waals surface area contributed by atoms with Crippen LogP contribution in [0, 0.1) is 0 Å². The van der Waals surface area contributed by atoms with Gasteiger partial charge < -0.3 is 5.11 Å². The minimum absolute atomic E-state index is 0.147. The van der Waals surface area contributed by atoms with E-state index in [1.165, 1.54) is 6.20 Å². The van der Waals surface area contributed by atoms with Gasteiger partial charge in [0.2, 0.25) is 0 Å². The molecular weight excluding hydrogens is 232 g/mol. The lowest BCUT2D eigenvalue weighted by Crippen LogP contribution is -2.03. The van der Waals surface area contributed by atoms with Crippen molar-refractivity contribution in [2.45, 2.75) is 6.42 Å². The quantitative estimate of drug-likeness (QED) is 0.783. The normalized spacial score (nSPS) is 10.3. The highest BCUT2D eigenvalue weighted by molar-refractivity contribution is 6.30. The topological polar surface area (TPSA) is 91.8 Å². The van der Waals surface area contributed by atoms with Crippen LogP contribution in [0.25, 0.3) is 11.4 Å². The van der Waals surface area contributed by atoms with Gasteiger partial charge >= 0.3 is 5.97 Å². The standard InChI is InChI=1S/C9H7ClN4O2/c10-8-5(1-7(15)16)2-11-9(14-8)6-3-12-13-4-6/h2-4H,1H2,(H,12,13)(H,15,16). The second-order valence-corrected chi connectivity index (χ2v) is 3.43.